The lowest BCUT2D eigenvalue weighted by molar-refractivity contribution is -0.384. The first kappa shape index (κ1) is 36.7. The molecular weight excluding hydrogens is 664 g/mol. The van der Waals surface area contributed by atoms with Crippen molar-refractivity contribution < 1.29 is 33.5 Å². The SMILES string of the molecule is CCOc1ccc(Cc2cc([C@@]3(OC)O[C@@H](CO)[C@H](OCc4ccccc4)[C@@H](OCc4ccccc4)[C@@H]3OCc3ccccc3)ccc2Cl)cc1. The highest BCUT2D eigenvalue weighted by molar-refractivity contribution is 6.31. The fraction of sp³-hybridized carbons (Fsp3) is 0.302. The number of halogens is 1. The molecule has 0 aromatic heterocycles. The molecule has 0 radical (unpaired) electrons. The Morgan fingerprint density at radius 1 is 0.667 bits per heavy atom. The first-order valence-electron chi connectivity index (χ1n) is 17.3. The summed E-state index contributed by atoms with van der Waals surface area (Å²) in [6, 6.07) is 43.5. The molecule has 266 valence electrons. The van der Waals surface area contributed by atoms with Gasteiger partial charge >= 0.3 is 0 Å². The summed E-state index contributed by atoms with van der Waals surface area (Å²) in [6.45, 7) is 3.05. The van der Waals surface area contributed by atoms with Crippen molar-refractivity contribution in [3.05, 3.63) is 172 Å². The fourth-order valence-corrected chi connectivity index (χ4v) is 6.70. The highest BCUT2D eigenvalue weighted by Crippen LogP contribution is 2.44. The van der Waals surface area contributed by atoms with E-state index in [1.807, 2.05) is 140 Å². The Balaban J connectivity index is 1.40. The van der Waals surface area contributed by atoms with Gasteiger partial charge in [0.2, 0.25) is 5.79 Å². The van der Waals surface area contributed by atoms with Crippen LogP contribution in [-0.2, 0) is 55.7 Å². The monoisotopic (exact) mass is 708 g/mol. The largest absolute Gasteiger partial charge is 0.494 e. The number of rotatable bonds is 16. The Morgan fingerprint density at radius 3 is 1.75 bits per heavy atom. The normalized spacial score (nSPS) is 21.7. The average Bonchev–Trinajstić information content (AvgIpc) is 3.18. The van der Waals surface area contributed by atoms with Crippen LogP contribution in [0.4, 0.5) is 0 Å². The van der Waals surface area contributed by atoms with Gasteiger partial charge in [-0.3, -0.25) is 0 Å². The van der Waals surface area contributed by atoms with Gasteiger partial charge < -0.3 is 33.5 Å². The molecule has 0 saturated carbocycles. The molecular formula is C43H45ClO7. The van der Waals surface area contributed by atoms with Gasteiger partial charge in [-0.1, -0.05) is 121 Å². The van der Waals surface area contributed by atoms with Gasteiger partial charge in [-0.05, 0) is 65.4 Å². The summed E-state index contributed by atoms with van der Waals surface area (Å²) in [5.74, 6) is -0.692. The predicted molar refractivity (Wildman–Crippen MR) is 198 cm³/mol. The van der Waals surface area contributed by atoms with Gasteiger partial charge in [-0.25, -0.2) is 0 Å². The molecule has 1 saturated heterocycles. The second-order valence-corrected chi connectivity index (χ2v) is 12.9. The van der Waals surface area contributed by atoms with Crippen molar-refractivity contribution in [1.82, 2.24) is 0 Å². The standard InChI is InChI=1S/C43H45ClO7/c1-3-47-37-22-19-31(20-23-37)25-35-26-36(21-24-38(35)44)43(46-2)42(50-30-34-17-11-6-12-18-34)41(49-29-33-15-9-5-10-16-33)40(39(27-45)51-43)48-28-32-13-7-4-8-14-32/h4-24,26,39-42,45H,3,25,27-30H2,1-2H3/t39-,40-,41+,42-,43+/m0/s1. The predicted octanol–water partition coefficient (Wildman–Crippen LogP) is 8.28. The smallest absolute Gasteiger partial charge is 0.225 e. The van der Waals surface area contributed by atoms with Gasteiger partial charge in [0.25, 0.3) is 0 Å². The summed E-state index contributed by atoms with van der Waals surface area (Å²) in [4.78, 5) is 0. The van der Waals surface area contributed by atoms with Crippen LogP contribution < -0.4 is 4.74 Å². The molecule has 0 aliphatic carbocycles. The Kier molecular flexibility index (Phi) is 12.9. The molecule has 51 heavy (non-hydrogen) atoms. The zero-order chi connectivity index (χ0) is 35.5. The molecule has 1 N–H and O–H groups in total. The molecule has 1 aliphatic heterocycles. The minimum atomic E-state index is -1.51. The second kappa shape index (κ2) is 17.9. The van der Waals surface area contributed by atoms with Gasteiger partial charge in [-0.2, -0.15) is 0 Å². The maximum Gasteiger partial charge on any atom is 0.225 e. The van der Waals surface area contributed by atoms with Gasteiger partial charge in [-0.15, -0.1) is 0 Å². The zero-order valence-electron chi connectivity index (χ0n) is 29.0. The molecule has 1 aliphatic rings. The Morgan fingerprint density at radius 2 is 1.22 bits per heavy atom. The number of aliphatic hydroxyl groups is 1. The van der Waals surface area contributed by atoms with E-state index in [0.29, 0.717) is 23.6 Å². The average molecular weight is 709 g/mol. The summed E-state index contributed by atoms with van der Waals surface area (Å²) < 4.78 is 39.2. The van der Waals surface area contributed by atoms with E-state index < -0.39 is 30.2 Å². The molecule has 8 heteroatoms. The molecule has 0 amide bonds. The fourth-order valence-electron chi connectivity index (χ4n) is 6.51. The maximum absolute atomic E-state index is 10.9. The van der Waals surface area contributed by atoms with Crippen LogP contribution in [0.25, 0.3) is 0 Å². The van der Waals surface area contributed by atoms with Crippen molar-refractivity contribution in [2.75, 3.05) is 20.3 Å². The summed E-state index contributed by atoms with van der Waals surface area (Å²) in [5.41, 5.74) is 5.57. The molecule has 5 aromatic rings. The van der Waals surface area contributed by atoms with E-state index in [1.54, 1.807) is 7.11 Å². The Labute approximate surface area is 305 Å². The molecule has 0 spiro atoms. The van der Waals surface area contributed by atoms with Crippen LogP contribution in [0.3, 0.4) is 0 Å². The maximum atomic E-state index is 10.9. The van der Waals surface area contributed by atoms with Crippen molar-refractivity contribution in [1.29, 1.82) is 0 Å². The van der Waals surface area contributed by atoms with Crippen molar-refractivity contribution in [2.45, 2.75) is 63.4 Å². The van der Waals surface area contributed by atoms with Crippen molar-refractivity contribution >= 4 is 11.6 Å². The van der Waals surface area contributed by atoms with Crippen molar-refractivity contribution in [3.8, 4) is 5.75 Å². The Bertz CT molecular complexity index is 1770. The number of methoxy groups -OCH3 is 1. The number of ether oxygens (including phenoxy) is 6. The third-order valence-electron chi connectivity index (χ3n) is 9.09. The van der Waals surface area contributed by atoms with E-state index in [2.05, 4.69) is 0 Å². The lowest BCUT2D eigenvalue weighted by Gasteiger charge is -2.52. The minimum absolute atomic E-state index is 0.257. The molecule has 7 nitrogen and oxygen atoms in total. The third-order valence-corrected chi connectivity index (χ3v) is 9.46. The van der Waals surface area contributed by atoms with Crippen LogP contribution in [0.15, 0.2) is 133 Å². The first-order chi connectivity index (χ1) is 25.0. The number of aliphatic hydroxyl groups excluding tert-OH is 1. The molecule has 5 aromatic carbocycles. The van der Waals surface area contributed by atoms with Gasteiger partial charge in [0.1, 0.15) is 30.2 Å². The Hall–Kier alpha value is -4.05. The number of hydrogen-bond acceptors (Lipinski definition) is 7. The van der Waals surface area contributed by atoms with E-state index in [4.69, 9.17) is 40.0 Å². The lowest BCUT2D eigenvalue weighted by Crippen LogP contribution is -2.66. The molecule has 6 rings (SSSR count). The number of benzene rings is 5. The zero-order valence-corrected chi connectivity index (χ0v) is 29.8. The summed E-state index contributed by atoms with van der Waals surface area (Å²) in [7, 11) is 1.59. The van der Waals surface area contributed by atoms with Crippen molar-refractivity contribution in [2.24, 2.45) is 0 Å². The topological polar surface area (TPSA) is 75.6 Å². The molecule has 1 heterocycles. The molecule has 5 atom stereocenters. The molecule has 1 fully saturated rings. The summed E-state index contributed by atoms with van der Waals surface area (Å²) in [6.07, 6.45) is -2.53. The van der Waals surface area contributed by atoms with Crippen LogP contribution in [0.5, 0.6) is 5.75 Å². The summed E-state index contributed by atoms with van der Waals surface area (Å²) >= 11 is 6.83. The van der Waals surface area contributed by atoms with Gasteiger partial charge in [0.05, 0.1) is 33.0 Å². The first-order valence-corrected chi connectivity index (χ1v) is 17.7. The molecule has 0 bridgehead atoms. The molecule has 0 unspecified atom stereocenters. The third kappa shape index (κ3) is 9.07. The van der Waals surface area contributed by atoms with Crippen LogP contribution in [0, 0.1) is 0 Å². The summed E-state index contributed by atoms with van der Waals surface area (Å²) in [5, 5.41) is 11.5. The van der Waals surface area contributed by atoms with E-state index in [1.165, 1.54) is 0 Å². The van der Waals surface area contributed by atoms with Crippen LogP contribution in [0.2, 0.25) is 5.02 Å². The highest BCUT2D eigenvalue weighted by Gasteiger charge is 2.58. The quantitative estimate of drug-likeness (QED) is 0.111. The van der Waals surface area contributed by atoms with E-state index in [0.717, 1.165) is 33.6 Å². The van der Waals surface area contributed by atoms with Crippen LogP contribution >= 0.6 is 11.6 Å². The van der Waals surface area contributed by atoms with Gasteiger partial charge in [0.15, 0.2) is 0 Å². The second-order valence-electron chi connectivity index (χ2n) is 12.5. The van der Waals surface area contributed by atoms with E-state index in [9.17, 15) is 5.11 Å². The van der Waals surface area contributed by atoms with Crippen molar-refractivity contribution in [3.63, 3.8) is 0 Å². The van der Waals surface area contributed by atoms with Crippen LogP contribution in [0.1, 0.15) is 40.3 Å². The van der Waals surface area contributed by atoms with Crippen LogP contribution in [-0.4, -0.2) is 49.8 Å². The highest BCUT2D eigenvalue weighted by atomic mass is 35.5. The minimum Gasteiger partial charge on any atom is -0.494 e. The number of hydrogen-bond donors (Lipinski definition) is 1. The van der Waals surface area contributed by atoms with Gasteiger partial charge in [0, 0.05) is 17.7 Å². The van der Waals surface area contributed by atoms with E-state index in [-0.39, 0.29) is 26.4 Å². The van der Waals surface area contributed by atoms with E-state index >= 15 is 0 Å². The lowest BCUT2D eigenvalue weighted by atomic mass is 9.86.